The standard InChI is InChI=1S/C15H18O5/c1-16-9-6-10-14(11(7-9)17-2)12(18-3)8-13(19-4)15(10)20-5/h6-8H,1-5H3. The van der Waals surface area contributed by atoms with E-state index in [2.05, 4.69) is 0 Å². The van der Waals surface area contributed by atoms with Crippen molar-refractivity contribution in [2.45, 2.75) is 0 Å². The second-order valence-electron chi connectivity index (χ2n) is 4.07. The zero-order valence-corrected chi connectivity index (χ0v) is 12.3. The predicted molar refractivity (Wildman–Crippen MR) is 76.7 cm³/mol. The lowest BCUT2D eigenvalue weighted by atomic mass is 10.1. The maximum absolute atomic E-state index is 5.46. The minimum atomic E-state index is 0.590. The van der Waals surface area contributed by atoms with Gasteiger partial charge in [-0.15, -0.1) is 0 Å². The van der Waals surface area contributed by atoms with Crippen LogP contribution in [0.1, 0.15) is 0 Å². The molecule has 0 atom stereocenters. The molecule has 0 aliphatic carbocycles. The van der Waals surface area contributed by atoms with Gasteiger partial charge in [-0.25, -0.2) is 0 Å². The van der Waals surface area contributed by atoms with Gasteiger partial charge in [0.15, 0.2) is 11.5 Å². The Kier molecular flexibility index (Phi) is 4.08. The normalized spacial score (nSPS) is 10.2. The summed E-state index contributed by atoms with van der Waals surface area (Å²) in [6.45, 7) is 0. The fraction of sp³-hybridized carbons (Fsp3) is 0.333. The molecule has 5 heteroatoms. The van der Waals surface area contributed by atoms with Crippen molar-refractivity contribution in [3.8, 4) is 28.7 Å². The molecule has 0 saturated heterocycles. The van der Waals surface area contributed by atoms with Gasteiger partial charge in [-0.3, -0.25) is 0 Å². The van der Waals surface area contributed by atoms with Crippen molar-refractivity contribution in [1.82, 2.24) is 0 Å². The molecule has 2 aromatic rings. The molecule has 2 rings (SSSR count). The summed E-state index contributed by atoms with van der Waals surface area (Å²) in [5, 5.41) is 1.62. The fourth-order valence-corrected chi connectivity index (χ4v) is 2.21. The van der Waals surface area contributed by atoms with Crippen LogP contribution in [0.2, 0.25) is 0 Å². The molecular weight excluding hydrogens is 260 g/mol. The number of fused-ring (bicyclic) bond motifs is 1. The van der Waals surface area contributed by atoms with E-state index in [0.29, 0.717) is 28.7 Å². The molecule has 0 radical (unpaired) electrons. The number of ether oxygens (including phenoxy) is 5. The molecule has 0 bridgehead atoms. The summed E-state index contributed by atoms with van der Waals surface area (Å²) in [6.07, 6.45) is 0. The molecule has 20 heavy (non-hydrogen) atoms. The van der Waals surface area contributed by atoms with Crippen LogP contribution < -0.4 is 23.7 Å². The van der Waals surface area contributed by atoms with E-state index in [1.54, 1.807) is 47.7 Å². The Morgan fingerprint density at radius 1 is 0.600 bits per heavy atom. The van der Waals surface area contributed by atoms with E-state index < -0.39 is 0 Å². The molecular formula is C15H18O5. The molecule has 5 nitrogen and oxygen atoms in total. The minimum Gasteiger partial charge on any atom is -0.497 e. The molecule has 0 aliphatic rings. The predicted octanol–water partition coefficient (Wildman–Crippen LogP) is 2.88. The first-order chi connectivity index (χ1) is 9.69. The Morgan fingerprint density at radius 3 is 1.70 bits per heavy atom. The molecule has 0 aromatic heterocycles. The van der Waals surface area contributed by atoms with Crippen LogP contribution in [0.4, 0.5) is 0 Å². The Labute approximate surface area is 118 Å². The van der Waals surface area contributed by atoms with Gasteiger partial charge in [-0.2, -0.15) is 0 Å². The zero-order chi connectivity index (χ0) is 14.7. The third kappa shape index (κ3) is 2.15. The molecule has 0 heterocycles. The quantitative estimate of drug-likeness (QED) is 0.841. The number of rotatable bonds is 5. The van der Waals surface area contributed by atoms with Gasteiger partial charge >= 0.3 is 0 Å². The van der Waals surface area contributed by atoms with Gasteiger partial charge in [0.1, 0.15) is 17.2 Å². The van der Waals surface area contributed by atoms with Crippen LogP contribution in [0.5, 0.6) is 28.7 Å². The van der Waals surface area contributed by atoms with Crippen molar-refractivity contribution in [2.24, 2.45) is 0 Å². The van der Waals surface area contributed by atoms with Gasteiger partial charge in [0.2, 0.25) is 0 Å². The van der Waals surface area contributed by atoms with Crippen LogP contribution in [-0.2, 0) is 0 Å². The van der Waals surface area contributed by atoms with Gasteiger partial charge in [-0.1, -0.05) is 0 Å². The third-order valence-corrected chi connectivity index (χ3v) is 3.15. The Balaban J connectivity index is 2.93. The molecule has 0 saturated carbocycles. The number of hydrogen-bond acceptors (Lipinski definition) is 5. The van der Waals surface area contributed by atoms with Crippen LogP contribution in [0, 0.1) is 0 Å². The molecule has 0 aliphatic heterocycles. The average Bonchev–Trinajstić information content (AvgIpc) is 2.51. The first-order valence-corrected chi connectivity index (χ1v) is 6.04. The summed E-state index contributed by atoms with van der Waals surface area (Å²) in [4.78, 5) is 0. The van der Waals surface area contributed by atoms with Gasteiger partial charge < -0.3 is 23.7 Å². The lowest BCUT2D eigenvalue weighted by Gasteiger charge is -2.17. The second kappa shape index (κ2) is 5.77. The molecule has 2 aromatic carbocycles. The highest BCUT2D eigenvalue weighted by Gasteiger charge is 2.19. The zero-order valence-electron chi connectivity index (χ0n) is 12.3. The maximum atomic E-state index is 5.46. The van der Waals surface area contributed by atoms with E-state index >= 15 is 0 Å². The minimum absolute atomic E-state index is 0.590. The van der Waals surface area contributed by atoms with Crippen LogP contribution in [0.3, 0.4) is 0 Å². The average molecular weight is 278 g/mol. The third-order valence-electron chi connectivity index (χ3n) is 3.15. The smallest absolute Gasteiger partial charge is 0.169 e. The highest BCUT2D eigenvalue weighted by atomic mass is 16.5. The Hall–Kier alpha value is -2.30. The number of benzene rings is 2. The maximum Gasteiger partial charge on any atom is 0.169 e. The fourth-order valence-electron chi connectivity index (χ4n) is 2.21. The Morgan fingerprint density at radius 2 is 1.20 bits per heavy atom. The lowest BCUT2D eigenvalue weighted by molar-refractivity contribution is 0.352. The topological polar surface area (TPSA) is 46.2 Å². The van der Waals surface area contributed by atoms with Crippen LogP contribution >= 0.6 is 0 Å². The van der Waals surface area contributed by atoms with Gasteiger partial charge in [0.05, 0.1) is 40.9 Å². The highest BCUT2D eigenvalue weighted by Crippen LogP contribution is 2.46. The molecule has 0 unspecified atom stereocenters. The molecule has 0 spiro atoms. The van der Waals surface area contributed by atoms with Crippen molar-refractivity contribution >= 4 is 10.8 Å². The first-order valence-electron chi connectivity index (χ1n) is 6.04. The van der Waals surface area contributed by atoms with Crippen LogP contribution in [0.15, 0.2) is 18.2 Å². The van der Waals surface area contributed by atoms with E-state index in [9.17, 15) is 0 Å². The van der Waals surface area contributed by atoms with Crippen molar-refractivity contribution in [2.75, 3.05) is 35.5 Å². The van der Waals surface area contributed by atoms with E-state index in [0.717, 1.165) is 10.8 Å². The summed E-state index contributed by atoms with van der Waals surface area (Å²) in [6, 6.07) is 5.44. The summed E-state index contributed by atoms with van der Waals surface area (Å²) >= 11 is 0. The van der Waals surface area contributed by atoms with Crippen molar-refractivity contribution < 1.29 is 23.7 Å². The summed E-state index contributed by atoms with van der Waals surface area (Å²) in [5.41, 5.74) is 0. The van der Waals surface area contributed by atoms with Crippen LogP contribution in [0.25, 0.3) is 10.8 Å². The molecule has 108 valence electrons. The van der Waals surface area contributed by atoms with Gasteiger partial charge in [0.25, 0.3) is 0 Å². The van der Waals surface area contributed by atoms with Crippen molar-refractivity contribution in [1.29, 1.82) is 0 Å². The molecule has 0 fully saturated rings. The molecule has 0 amide bonds. The van der Waals surface area contributed by atoms with Gasteiger partial charge in [-0.05, 0) is 6.07 Å². The Bertz CT molecular complexity index is 611. The monoisotopic (exact) mass is 278 g/mol. The van der Waals surface area contributed by atoms with Crippen molar-refractivity contribution in [3.63, 3.8) is 0 Å². The van der Waals surface area contributed by atoms with E-state index in [1.165, 1.54) is 0 Å². The largest absolute Gasteiger partial charge is 0.497 e. The number of hydrogen-bond donors (Lipinski definition) is 0. The first kappa shape index (κ1) is 14.1. The number of methoxy groups -OCH3 is 5. The second-order valence-corrected chi connectivity index (χ2v) is 4.07. The van der Waals surface area contributed by atoms with Crippen LogP contribution in [-0.4, -0.2) is 35.5 Å². The summed E-state index contributed by atoms with van der Waals surface area (Å²) in [7, 11) is 7.98. The van der Waals surface area contributed by atoms with E-state index in [1.807, 2.05) is 6.07 Å². The summed E-state index contributed by atoms with van der Waals surface area (Å²) < 4.78 is 27.0. The molecule has 0 N–H and O–H groups in total. The van der Waals surface area contributed by atoms with E-state index in [-0.39, 0.29) is 0 Å². The van der Waals surface area contributed by atoms with E-state index in [4.69, 9.17) is 23.7 Å². The van der Waals surface area contributed by atoms with Gasteiger partial charge in [0, 0.05) is 17.5 Å². The highest BCUT2D eigenvalue weighted by molar-refractivity contribution is 6.00. The SMILES string of the molecule is COc1cc(OC)c2c(OC)cc(OC)c(OC)c2c1. The van der Waals surface area contributed by atoms with Crippen molar-refractivity contribution in [3.05, 3.63) is 18.2 Å². The summed E-state index contributed by atoms with van der Waals surface area (Å²) in [5.74, 6) is 3.17. The lowest BCUT2D eigenvalue weighted by Crippen LogP contribution is -1.97.